The van der Waals surface area contributed by atoms with Crippen molar-refractivity contribution in [2.75, 3.05) is 4.90 Å². The highest BCUT2D eigenvalue weighted by molar-refractivity contribution is 7.17. The molecule has 9 heteroatoms. The van der Waals surface area contributed by atoms with Crippen LogP contribution in [-0.2, 0) is 0 Å². The minimum Gasteiger partial charge on any atom is -0.311 e. The van der Waals surface area contributed by atoms with Crippen molar-refractivity contribution >= 4 is 86.7 Å². The van der Waals surface area contributed by atoms with Crippen LogP contribution >= 0.6 is 45.3 Å². The number of hydrogen-bond donors (Lipinski definition) is 0. The summed E-state index contributed by atoms with van der Waals surface area (Å²) in [6.45, 7) is 0. The molecule has 0 aliphatic carbocycles. The van der Waals surface area contributed by atoms with E-state index in [0.717, 1.165) is 53.3 Å². The summed E-state index contributed by atoms with van der Waals surface area (Å²) in [6, 6.07) is 49.5. The highest BCUT2D eigenvalue weighted by Crippen LogP contribution is 2.40. The normalized spacial score (nSPS) is 10.5. The van der Waals surface area contributed by atoms with Crippen LogP contribution in [0.15, 0.2) is 138 Å². The third-order valence-electron chi connectivity index (χ3n) is 8.12. The van der Waals surface area contributed by atoms with Gasteiger partial charge in [-0.3, -0.25) is 0 Å². The van der Waals surface area contributed by atoms with Crippen molar-refractivity contribution in [2.24, 2.45) is 0 Å². The summed E-state index contributed by atoms with van der Waals surface area (Å²) in [6.07, 6.45) is 7.54. The van der Waals surface area contributed by atoms with Gasteiger partial charge in [-0.1, -0.05) is 42.5 Å². The van der Waals surface area contributed by atoms with Crippen molar-refractivity contribution in [1.29, 1.82) is 21.0 Å². The molecule has 0 N–H and O–H groups in total. The molecule has 7 rings (SSSR count). The van der Waals surface area contributed by atoms with Gasteiger partial charge in [0.2, 0.25) is 0 Å². The lowest BCUT2D eigenvalue weighted by Gasteiger charge is -2.26. The second-order valence-electron chi connectivity index (χ2n) is 11.5. The number of nitrogens with zero attached hydrogens (tertiary/aromatic N) is 5. The summed E-state index contributed by atoms with van der Waals surface area (Å²) >= 11 is 6.55. The first-order valence-electron chi connectivity index (χ1n) is 16.2. The van der Waals surface area contributed by atoms with Crippen LogP contribution in [0.4, 0.5) is 17.1 Å². The zero-order chi connectivity index (χ0) is 36.6. The van der Waals surface area contributed by atoms with E-state index in [4.69, 9.17) is 21.0 Å². The number of allylic oxidation sites excluding steroid dienone is 2. The maximum absolute atomic E-state index is 9.16. The summed E-state index contributed by atoms with van der Waals surface area (Å²) in [7, 11) is 0. The Hall–Kier alpha value is -6.56. The van der Waals surface area contributed by atoms with Crippen LogP contribution in [0.25, 0.3) is 55.6 Å². The average Bonchev–Trinajstić information content (AvgIpc) is 4.05. The van der Waals surface area contributed by atoms with Gasteiger partial charge in [-0.05, 0) is 125 Å². The Morgan fingerprint density at radius 3 is 1.19 bits per heavy atom. The number of anilines is 3. The molecule has 5 nitrogen and oxygen atoms in total. The van der Waals surface area contributed by atoms with E-state index in [9.17, 15) is 0 Å². The fourth-order valence-electron chi connectivity index (χ4n) is 5.55. The van der Waals surface area contributed by atoms with Crippen molar-refractivity contribution in [1.82, 2.24) is 0 Å². The van der Waals surface area contributed by atoms with Crippen molar-refractivity contribution in [2.45, 2.75) is 0 Å². The Morgan fingerprint density at radius 1 is 0.434 bits per heavy atom. The Balaban J connectivity index is 1.19. The average molecular weight is 752 g/mol. The van der Waals surface area contributed by atoms with E-state index < -0.39 is 0 Å². The van der Waals surface area contributed by atoms with Gasteiger partial charge in [-0.2, -0.15) is 21.0 Å². The Labute approximate surface area is 323 Å². The van der Waals surface area contributed by atoms with E-state index >= 15 is 0 Å². The van der Waals surface area contributed by atoms with Gasteiger partial charge in [0.25, 0.3) is 0 Å². The maximum atomic E-state index is 9.16. The van der Waals surface area contributed by atoms with Crippen LogP contribution in [0.3, 0.4) is 0 Å². The molecule has 0 bridgehead atoms. The first kappa shape index (κ1) is 34.9. The third-order valence-corrected chi connectivity index (χ3v) is 12.2. The van der Waals surface area contributed by atoms with Crippen molar-refractivity contribution in [3.05, 3.63) is 157 Å². The Bertz CT molecular complexity index is 2480. The summed E-state index contributed by atoms with van der Waals surface area (Å²) < 4.78 is 0. The number of rotatable bonds is 10. The predicted molar refractivity (Wildman–Crippen MR) is 223 cm³/mol. The molecule has 3 aromatic carbocycles. The SMILES string of the molecule is N#CC(C#N)=Cc1ccc(-c2ccc(N(c3ccc(-c4ccc(C=C(C#N)C#N)s4)cc3)c3ccc(-c4ccc(/C=C/c5cccs5)s4)cc3)cc2)s1. The molecule has 7 aromatic rings. The number of thiophene rings is 4. The van der Waals surface area contributed by atoms with Gasteiger partial charge in [0.15, 0.2) is 0 Å². The van der Waals surface area contributed by atoms with Gasteiger partial charge in [0, 0.05) is 51.2 Å². The summed E-state index contributed by atoms with van der Waals surface area (Å²) in [5.41, 5.74) is 6.38. The number of nitriles is 4. The van der Waals surface area contributed by atoms with Gasteiger partial charge in [0.05, 0.1) is 0 Å². The zero-order valence-corrected chi connectivity index (χ0v) is 31.1. The molecular formula is C44H25N5S4. The van der Waals surface area contributed by atoms with E-state index in [2.05, 4.69) is 119 Å². The molecule has 0 fully saturated rings. The Kier molecular flexibility index (Phi) is 10.7. The molecule has 0 amide bonds. The molecule has 250 valence electrons. The van der Waals surface area contributed by atoms with E-state index in [-0.39, 0.29) is 11.1 Å². The van der Waals surface area contributed by atoms with Gasteiger partial charge in [-0.15, -0.1) is 45.3 Å². The molecule has 53 heavy (non-hydrogen) atoms. The first-order valence-corrected chi connectivity index (χ1v) is 19.5. The molecule has 0 atom stereocenters. The highest BCUT2D eigenvalue weighted by Gasteiger charge is 2.15. The minimum atomic E-state index is 0.0791. The van der Waals surface area contributed by atoms with Gasteiger partial charge in [0.1, 0.15) is 35.4 Å². The molecule has 0 unspecified atom stereocenters. The van der Waals surface area contributed by atoms with E-state index in [1.165, 1.54) is 37.3 Å². The standard InChI is InChI=1S/C44H25N5S4/c45-26-30(27-46)24-40-18-21-43(52-40)33-5-11-36(12-6-33)49(37-13-7-34(8-14-37)44-22-19-41(53-44)25-31(28-47)29-48)35-9-3-32(4-10-35)42-20-17-39(51-42)16-15-38-2-1-23-50-38/h1-25H/b16-15+. The van der Waals surface area contributed by atoms with E-state index in [0.29, 0.717) is 0 Å². The monoisotopic (exact) mass is 751 g/mol. The predicted octanol–water partition coefficient (Wildman–Crippen LogP) is 13.4. The van der Waals surface area contributed by atoms with Crippen molar-refractivity contribution in [3.8, 4) is 55.6 Å². The maximum Gasteiger partial charge on any atom is 0.131 e. The lowest BCUT2D eigenvalue weighted by atomic mass is 10.1. The largest absolute Gasteiger partial charge is 0.311 e. The number of hydrogen-bond acceptors (Lipinski definition) is 9. The molecule has 4 heterocycles. The lowest BCUT2D eigenvalue weighted by Crippen LogP contribution is -2.09. The summed E-state index contributed by atoms with van der Waals surface area (Å²) in [5, 5.41) is 38.7. The van der Waals surface area contributed by atoms with Crippen LogP contribution in [0.2, 0.25) is 0 Å². The van der Waals surface area contributed by atoms with Crippen LogP contribution in [0, 0.1) is 45.3 Å². The zero-order valence-electron chi connectivity index (χ0n) is 27.8. The second kappa shape index (κ2) is 16.2. The third kappa shape index (κ3) is 8.17. The van der Waals surface area contributed by atoms with E-state index in [1.807, 2.05) is 48.5 Å². The quantitative estimate of drug-likeness (QED) is 0.130. The second-order valence-corrected chi connectivity index (χ2v) is 15.8. The molecule has 0 aliphatic heterocycles. The first-order chi connectivity index (χ1) is 26.0. The van der Waals surface area contributed by atoms with Crippen LogP contribution in [-0.4, -0.2) is 0 Å². The molecule has 0 spiro atoms. The molecule has 4 aromatic heterocycles. The van der Waals surface area contributed by atoms with Gasteiger partial charge in [-0.25, -0.2) is 0 Å². The molecule has 0 radical (unpaired) electrons. The van der Waals surface area contributed by atoms with Crippen molar-refractivity contribution < 1.29 is 0 Å². The van der Waals surface area contributed by atoms with Crippen molar-refractivity contribution in [3.63, 3.8) is 0 Å². The minimum absolute atomic E-state index is 0.0791. The smallest absolute Gasteiger partial charge is 0.131 e. The summed E-state index contributed by atoms with van der Waals surface area (Å²) in [4.78, 5) is 9.65. The fraction of sp³-hybridized carbons (Fsp3) is 0. The highest BCUT2D eigenvalue weighted by atomic mass is 32.1. The lowest BCUT2D eigenvalue weighted by molar-refractivity contribution is 1.28. The van der Waals surface area contributed by atoms with Gasteiger partial charge < -0.3 is 4.90 Å². The Morgan fingerprint density at radius 2 is 0.811 bits per heavy atom. The van der Waals surface area contributed by atoms with E-state index in [1.54, 1.807) is 34.8 Å². The molecule has 0 aliphatic rings. The topological polar surface area (TPSA) is 98.4 Å². The molecule has 0 saturated carbocycles. The van der Waals surface area contributed by atoms with Crippen LogP contribution in [0.1, 0.15) is 19.5 Å². The number of benzene rings is 3. The molecule has 0 saturated heterocycles. The van der Waals surface area contributed by atoms with Crippen LogP contribution in [0.5, 0.6) is 0 Å². The van der Waals surface area contributed by atoms with Gasteiger partial charge >= 0.3 is 0 Å². The van der Waals surface area contributed by atoms with Crippen LogP contribution < -0.4 is 4.90 Å². The summed E-state index contributed by atoms with van der Waals surface area (Å²) in [5.74, 6) is 0. The fourth-order valence-corrected chi connectivity index (χ4v) is 9.00. The molecular weight excluding hydrogens is 727 g/mol.